The molecular weight excluding hydrogens is 390 g/mol. The van der Waals surface area contributed by atoms with E-state index < -0.39 is 0 Å². The summed E-state index contributed by atoms with van der Waals surface area (Å²) in [7, 11) is 0. The predicted molar refractivity (Wildman–Crippen MR) is 113 cm³/mol. The Morgan fingerprint density at radius 2 is 1.90 bits per heavy atom. The second-order valence-electron chi connectivity index (χ2n) is 6.68. The molecule has 2 aromatic carbocycles. The molecule has 0 fully saturated rings. The van der Waals surface area contributed by atoms with E-state index in [9.17, 15) is 9.59 Å². The Morgan fingerprint density at radius 3 is 2.69 bits per heavy atom. The molecule has 2 aromatic heterocycles. The largest absolute Gasteiger partial charge is 0.309 e. The number of benzene rings is 2. The third kappa shape index (κ3) is 3.77. The van der Waals surface area contributed by atoms with Gasteiger partial charge in [-0.05, 0) is 44.2 Å². The molecule has 1 N–H and O–H groups in total. The second-order valence-corrected chi connectivity index (χ2v) is 7.11. The van der Waals surface area contributed by atoms with Crippen LogP contribution < -0.4 is 10.9 Å². The Morgan fingerprint density at radius 1 is 1.10 bits per heavy atom. The Hall–Kier alpha value is -3.45. The van der Waals surface area contributed by atoms with Crippen LogP contribution in [0, 0.1) is 13.8 Å². The maximum absolute atomic E-state index is 12.8. The summed E-state index contributed by atoms with van der Waals surface area (Å²) in [6, 6.07) is 16.0. The molecule has 0 radical (unpaired) electrons. The number of fused-ring (bicyclic) bond motifs is 1. The quantitative estimate of drug-likeness (QED) is 0.561. The number of halogens is 1. The molecule has 0 atom stereocenters. The van der Waals surface area contributed by atoms with E-state index in [1.807, 2.05) is 25.1 Å². The van der Waals surface area contributed by atoms with E-state index >= 15 is 0 Å². The molecule has 2 heterocycles. The number of rotatable bonds is 4. The third-order valence-electron chi connectivity index (χ3n) is 4.51. The van der Waals surface area contributed by atoms with Gasteiger partial charge in [-0.1, -0.05) is 29.8 Å². The SMILES string of the molecule is Cc1cc(NC(=O)Cn2c(C)nc3ccccc3c2=O)n(-c2cccc(Cl)c2)n1. The van der Waals surface area contributed by atoms with E-state index in [2.05, 4.69) is 15.4 Å². The smallest absolute Gasteiger partial charge is 0.261 e. The summed E-state index contributed by atoms with van der Waals surface area (Å²) >= 11 is 6.08. The van der Waals surface area contributed by atoms with E-state index in [0.29, 0.717) is 27.6 Å². The van der Waals surface area contributed by atoms with Crippen LogP contribution in [0.1, 0.15) is 11.5 Å². The Bertz CT molecular complexity index is 1290. The van der Waals surface area contributed by atoms with Crippen molar-refractivity contribution in [2.24, 2.45) is 0 Å². The van der Waals surface area contributed by atoms with Crippen LogP contribution in [0.15, 0.2) is 59.4 Å². The van der Waals surface area contributed by atoms with Gasteiger partial charge in [0, 0.05) is 11.1 Å². The summed E-state index contributed by atoms with van der Waals surface area (Å²) in [6.07, 6.45) is 0. The average Bonchev–Trinajstić information content (AvgIpc) is 3.05. The summed E-state index contributed by atoms with van der Waals surface area (Å²) in [4.78, 5) is 29.9. The number of hydrogen-bond donors (Lipinski definition) is 1. The van der Waals surface area contributed by atoms with Gasteiger partial charge in [0.1, 0.15) is 18.2 Å². The second kappa shape index (κ2) is 7.52. The standard InChI is InChI=1S/C21H18ClN5O2/c1-13-10-19(27(25-13)16-7-5-6-15(22)11-16)24-20(28)12-26-14(2)23-18-9-4-3-8-17(18)21(26)29/h3-11H,12H2,1-2H3,(H,24,28). The molecule has 4 rings (SSSR count). The Labute approximate surface area is 171 Å². The zero-order valence-electron chi connectivity index (χ0n) is 15.9. The van der Waals surface area contributed by atoms with Crippen LogP contribution in [-0.4, -0.2) is 25.2 Å². The summed E-state index contributed by atoms with van der Waals surface area (Å²) < 4.78 is 2.97. The van der Waals surface area contributed by atoms with Crippen molar-refractivity contribution >= 4 is 34.2 Å². The molecular formula is C21H18ClN5O2. The molecule has 0 unspecified atom stereocenters. The van der Waals surface area contributed by atoms with Crippen molar-refractivity contribution in [1.29, 1.82) is 0 Å². The van der Waals surface area contributed by atoms with Gasteiger partial charge in [-0.2, -0.15) is 5.10 Å². The number of carbonyl (C=O) groups excluding carboxylic acids is 1. The number of amides is 1. The number of nitrogens with zero attached hydrogens (tertiary/aromatic N) is 4. The maximum Gasteiger partial charge on any atom is 0.261 e. The van der Waals surface area contributed by atoms with Crippen LogP contribution >= 0.6 is 11.6 Å². The van der Waals surface area contributed by atoms with Gasteiger partial charge in [-0.15, -0.1) is 0 Å². The fourth-order valence-corrected chi connectivity index (χ4v) is 3.37. The van der Waals surface area contributed by atoms with Gasteiger partial charge in [0.05, 0.1) is 22.3 Å². The van der Waals surface area contributed by atoms with Gasteiger partial charge in [0.15, 0.2) is 0 Å². The molecule has 7 nitrogen and oxygen atoms in total. The van der Waals surface area contributed by atoms with Crippen LogP contribution in [0.2, 0.25) is 5.02 Å². The van der Waals surface area contributed by atoms with Crippen LogP contribution in [0.5, 0.6) is 0 Å². The molecule has 0 bridgehead atoms. The summed E-state index contributed by atoms with van der Waals surface area (Å²) in [5.74, 6) is 0.619. The number of anilines is 1. The number of aryl methyl sites for hydroxylation is 2. The molecule has 0 spiro atoms. The van der Waals surface area contributed by atoms with Crippen molar-refractivity contribution < 1.29 is 4.79 Å². The molecule has 0 aliphatic heterocycles. The van der Waals surface area contributed by atoms with Crippen molar-refractivity contribution in [2.45, 2.75) is 20.4 Å². The van der Waals surface area contributed by atoms with E-state index in [1.54, 1.807) is 48.0 Å². The van der Waals surface area contributed by atoms with Crippen molar-refractivity contribution in [3.05, 3.63) is 81.5 Å². The lowest BCUT2D eigenvalue weighted by Crippen LogP contribution is -2.30. The highest BCUT2D eigenvalue weighted by Gasteiger charge is 2.15. The summed E-state index contributed by atoms with van der Waals surface area (Å²) in [5.41, 5.74) is 1.83. The van der Waals surface area contributed by atoms with Crippen LogP contribution in [0.25, 0.3) is 16.6 Å². The Kier molecular flexibility index (Phi) is 4.90. The third-order valence-corrected chi connectivity index (χ3v) is 4.74. The van der Waals surface area contributed by atoms with Gasteiger partial charge in [-0.25, -0.2) is 9.67 Å². The topological polar surface area (TPSA) is 81.8 Å². The number of aromatic nitrogens is 4. The molecule has 8 heteroatoms. The lowest BCUT2D eigenvalue weighted by atomic mass is 10.2. The number of para-hydroxylation sites is 1. The highest BCUT2D eigenvalue weighted by Crippen LogP contribution is 2.20. The van der Waals surface area contributed by atoms with Crippen LogP contribution in [-0.2, 0) is 11.3 Å². The first kappa shape index (κ1) is 18.9. The van der Waals surface area contributed by atoms with Gasteiger partial charge < -0.3 is 5.32 Å². The number of nitrogens with one attached hydrogen (secondary N) is 1. The fraction of sp³-hybridized carbons (Fsp3) is 0.143. The Balaban J connectivity index is 1.64. The van der Waals surface area contributed by atoms with Gasteiger partial charge >= 0.3 is 0 Å². The molecule has 0 saturated carbocycles. The summed E-state index contributed by atoms with van der Waals surface area (Å²) in [5, 5.41) is 8.30. The fourth-order valence-electron chi connectivity index (χ4n) is 3.18. The zero-order valence-corrected chi connectivity index (χ0v) is 16.6. The van der Waals surface area contributed by atoms with E-state index in [1.165, 1.54) is 4.57 Å². The van der Waals surface area contributed by atoms with Crippen molar-refractivity contribution in [3.8, 4) is 5.69 Å². The van der Waals surface area contributed by atoms with Crippen LogP contribution in [0.3, 0.4) is 0 Å². The number of carbonyl (C=O) groups is 1. The van der Waals surface area contributed by atoms with E-state index in [4.69, 9.17) is 11.6 Å². The average molecular weight is 408 g/mol. The maximum atomic E-state index is 12.8. The molecule has 0 aliphatic rings. The minimum Gasteiger partial charge on any atom is -0.309 e. The van der Waals surface area contributed by atoms with Gasteiger partial charge in [-0.3, -0.25) is 14.2 Å². The lowest BCUT2D eigenvalue weighted by Gasteiger charge is -2.12. The van der Waals surface area contributed by atoms with Gasteiger partial charge in [0.25, 0.3) is 5.56 Å². The highest BCUT2D eigenvalue weighted by atomic mass is 35.5. The first-order valence-electron chi connectivity index (χ1n) is 9.01. The molecule has 146 valence electrons. The van der Waals surface area contributed by atoms with Crippen molar-refractivity contribution in [2.75, 3.05) is 5.32 Å². The lowest BCUT2D eigenvalue weighted by molar-refractivity contribution is -0.116. The molecule has 0 saturated heterocycles. The molecule has 29 heavy (non-hydrogen) atoms. The number of hydrogen-bond acceptors (Lipinski definition) is 4. The molecule has 0 aliphatic carbocycles. The van der Waals surface area contributed by atoms with E-state index in [-0.39, 0.29) is 18.0 Å². The highest BCUT2D eigenvalue weighted by molar-refractivity contribution is 6.30. The molecule has 1 amide bonds. The first-order chi connectivity index (χ1) is 13.9. The van der Waals surface area contributed by atoms with E-state index in [0.717, 1.165) is 11.4 Å². The summed E-state index contributed by atoms with van der Waals surface area (Å²) in [6.45, 7) is 3.39. The normalized spacial score (nSPS) is 11.0. The first-order valence-corrected chi connectivity index (χ1v) is 9.39. The predicted octanol–water partition coefficient (Wildman–Crippen LogP) is 3.49. The van der Waals surface area contributed by atoms with Crippen molar-refractivity contribution in [3.63, 3.8) is 0 Å². The minimum absolute atomic E-state index is 0.151. The zero-order chi connectivity index (χ0) is 20.5. The van der Waals surface area contributed by atoms with Crippen molar-refractivity contribution in [1.82, 2.24) is 19.3 Å². The molecule has 4 aromatic rings. The monoisotopic (exact) mass is 407 g/mol. The minimum atomic E-state index is -0.351. The van der Waals surface area contributed by atoms with Gasteiger partial charge in [0.2, 0.25) is 5.91 Å². The van der Waals surface area contributed by atoms with Crippen LogP contribution in [0.4, 0.5) is 5.82 Å².